The van der Waals surface area contributed by atoms with E-state index in [0.717, 1.165) is 6.42 Å². The number of rotatable bonds is 7. The summed E-state index contributed by atoms with van der Waals surface area (Å²) < 4.78 is 0. The van der Waals surface area contributed by atoms with Crippen molar-refractivity contribution in [2.45, 2.75) is 38.3 Å². The Labute approximate surface area is 189 Å². The normalized spacial score (nSPS) is 13.1. The highest BCUT2D eigenvalue weighted by molar-refractivity contribution is 7.97. The standard InChI is InChI=1S/C26H32PSi.BrH/c1-5-6-22-26(28(2,3)4)27(23-16-10-7-11-17-23,24-18-12-8-13-19-24)25-20-14-9-15-21-25;/h5-21,26H,22H2,1-4H3;1H/q+1;/p-1/b6-5+;. The summed E-state index contributed by atoms with van der Waals surface area (Å²) in [6.45, 7) is 9.79. The van der Waals surface area contributed by atoms with Crippen LogP contribution in [0.2, 0.25) is 19.6 Å². The number of hydrogen-bond donors (Lipinski definition) is 0. The van der Waals surface area contributed by atoms with Crippen molar-refractivity contribution in [1.29, 1.82) is 0 Å². The molecule has 0 heterocycles. The van der Waals surface area contributed by atoms with Gasteiger partial charge in [-0.25, -0.2) is 0 Å². The van der Waals surface area contributed by atoms with Gasteiger partial charge >= 0.3 is 0 Å². The first-order chi connectivity index (χ1) is 13.5. The fourth-order valence-corrected chi connectivity index (χ4v) is 15.5. The minimum absolute atomic E-state index is 0. The SMILES string of the molecule is C/C=C/CC([Si](C)(C)C)[P+](c1ccccc1)(c1ccccc1)c1ccccc1.[Br-]. The van der Waals surface area contributed by atoms with Gasteiger partial charge in [0.15, 0.2) is 0 Å². The highest BCUT2D eigenvalue weighted by Gasteiger charge is 2.56. The zero-order valence-electron chi connectivity index (χ0n) is 17.9. The van der Waals surface area contributed by atoms with Crippen molar-refractivity contribution >= 4 is 31.2 Å². The molecule has 0 aliphatic heterocycles. The molecule has 0 bridgehead atoms. The Bertz CT molecular complexity index is 790. The molecule has 3 aromatic rings. The maximum atomic E-state index is 2.55. The van der Waals surface area contributed by atoms with E-state index in [-0.39, 0.29) is 17.0 Å². The van der Waals surface area contributed by atoms with Crippen LogP contribution in [-0.2, 0) is 0 Å². The highest BCUT2D eigenvalue weighted by atomic mass is 79.9. The van der Waals surface area contributed by atoms with Crippen LogP contribution >= 0.6 is 7.26 Å². The summed E-state index contributed by atoms with van der Waals surface area (Å²) in [7, 11) is -3.31. The molecular weight excluding hydrogens is 451 g/mol. The van der Waals surface area contributed by atoms with E-state index in [1.165, 1.54) is 15.9 Å². The first-order valence-corrected chi connectivity index (χ1v) is 15.6. The van der Waals surface area contributed by atoms with Gasteiger partial charge in [0.25, 0.3) is 0 Å². The summed E-state index contributed by atoms with van der Waals surface area (Å²) in [5.74, 6) is 0. The van der Waals surface area contributed by atoms with Gasteiger partial charge in [-0.05, 0) is 49.7 Å². The molecule has 0 amide bonds. The third kappa shape index (κ3) is 4.99. The average Bonchev–Trinajstić information content (AvgIpc) is 2.72. The van der Waals surface area contributed by atoms with Gasteiger partial charge in [0.1, 0.15) is 23.2 Å². The number of hydrogen-bond acceptors (Lipinski definition) is 0. The van der Waals surface area contributed by atoms with Gasteiger partial charge in [0.05, 0.1) is 13.4 Å². The average molecular weight is 484 g/mol. The second-order valence-corrected chi connectivity index (χ2v) is 17.9. The summed E-state index contributed by atoms with van der Waals surface area (Å²) in [6, 6.07) is 33.9. The summed E-state index contributed by atoms with van der Waals surface area (Å²) in [4.78, 5) is 0. The molecule has 0 fully saturated rings. The summed E-state index contributed by atoms with van der Waals surface area (Å²) in [6.07, 6.45) is 5.76. The van der Waals surface area contributed by atoms with E-state index in [1.54, 1.807) is 0 Å². The van der Waals surface area contributed by atoms with Gasteiger partial charge in [-0.15, -0.1) is 0 Å². The Morgan fingerprint density at radius 3 is 1.31 bits per heavy atom. The van der Waals surface area contributed by atoms with Crippen molar-refractivity contribution in [3.8, 4) is 0 Å². The third-order valence-electron chi connectivity index (χ3n) is 5.55. The largest absolute Gasteiger partial charge is 1.00 e. The second-order valence-electron chi connectivity index (χ2n) is 8.42. The van der Waals surface area contributed by atoms with Crippen LogP contribution in [0.15, 0.2) is 103 Å². The van der Waals surface area contributed by atoms with Crippen LogP contribution in [-0.4, -0.2) is 13.4 Å². The molecule has 0 spiro atoms. The lowest BCUT2D eigenvalue weighted by molar-refractivity contribution is -0.00000585. The minimum atomic E-state index is -1.80. The smallest absolute Gasteiger partial charge is 0.111 e. The fourth-order valence-electron chi connectivity index (χ4n) is 4.33. The Morgan fingerprint density at radius 2 is 1.03 bits per heavy atom. The summed E-state index contributed by atoms with van der Waals surface area (Å²) >= 11 is 0. The molecule has 1 atom stereocenters. The first-order valence-electron chi connectivity index (χ1n) is 10.2. The molecule has 0 aliphatic rings. The molecule has 0 nitrogen and oxygen atoms in total. The lowest BCUT2D eigenvalue weighted by Gasteiger charge is -2.40. The first kappa shape index (κ1) is 23.8. The third-order valence-corrected chi connectivity index (χ3v) is 15.8. The molecular formula is C26H32BrPSi. The molecule has 0 aromatic heterocycles. The van der Waals surface area contributed by atoms with Gasteiger partial charge in [0.2, 0.25) is 0 Å². The van der Waals surface area contributed by atoms with Crippen LogP contribution in [0.1, 0.15) is 13.3 Å². The van der Waals surface area contributed by atoms with E-state index >= 15 is 0 Å². The molecule has 0 radical (unpaired) electrons. The molecule has 0 N–H and O–H groups in total. The van der Waals surface area contributed by atoms with E-state index in [9.17, 15) is 0 Å². The van der Waals surface area contributed by atoms with Gasteiger partial charge in [-0.3, -0.25) is 0 Å². The van der Waals surface area contributed by atoms with E-state index in [2.05, 4.69) is 130 Å². The molecule has 3 heteroatoms. The van der Waals surface area contributed by atoms with Gasteiger partial charge < -0.3 is 17.0 Å². The van der Waals surface area contributed by atoms with Gasteiger partial charge in [-0.2, -0.15) is 0 Å². The van der Waals surface area contributed by atoms with Crippen molar-refractivity contribution in [2.24, 2.45) is 0 Å². The Morgan fingerprint density at radius 1 is 0.690 bits per heavy atom. The fraction of sp³-hybridized carbons (Fsp3) is 0.231. The van der Waals surface area contributed by atoms with Crippen molar-refractivity contribution in [3.05, 3.63) is 103 Å². The molecule has 152 valence electrons. The van der Waals surface area contributed by atoms with E-state index in [1.807, 2.05) is 0 Å². The lowest BCUT2D eigenvalue weighted by atomic mass is 10.3. The molecule has 0 saturated carbocycles. The maximum Gasteiger partial charge on any atom is 0.111 e. The molecule has 3 rings (SSSR count). The summed E-state index contributed by atoms with van der Waals surface area (Å²) in [5, 5.41) is 5.15. The van der Waals surface area contributed by atoms with Crippen LogP contribution in [0.5, 0.6) is 0 Å². The summed E-state index contributed by atoms with van der Waals surface area (Å²) in [5.41, 5.74) is 0. The molecule has 0 aliphatic carbocycles. The number of halogens is 1. The van der Waals surface area contributed by atoms with Crippen LogP contribution in [0.4, 0.5) is 0 Å². The monoisotopic (exact) mass is 482 g/mol. The zero-order valence-corrected chi connectivity index (χ0v) is 21.4. The predicted molar refractivity (Wildman–Crippen MR) is 132 cm³/mol. The van der Waals surface area contributed by atoms with E-state index in [4.69, 9.17) is 0 Å². The van der Waals surface area contributed by atoms with Crippen molar-refractivity contribution in [2.75, 3.05) is 0 Å². The van der Waals surface area contributed by atoms with Gasteiger partial charge in [0, 0.05) is 0 Å². The van der Waals surface area contributed by atoms with Crippen LogP contribution in [0.25, 0.3) is 0 Å². The Kier molecular flexibility index (Phi) is 8.64. The van der Waals surface area contributed by atoms with Crippen LogP contribution in [0.3, 0.4) is 0 Å². The zero-order chi connectivity index (χ0) is 20.0. The highest BCUT2D eigenvalue weighted by Crippen LogP contribution is 2.63. The molecule has 1 unspecified atom stereocenters. The minimum Gasteiger partial charge on any atom is -1.00 e. The van der Waals surface area contributed by atoms with E-state index < -0.39 is 15.3 Å². The number of benzene rings is 3. The van der Waals surface area contributed by atoms with Gasteiger partial charge in [-0.1, -0.05) is 86.4 Å². The molecule has 0 saturated heterocycles. The molecule has 3 aromatic carbocycles. The van der Waals surface area contributed by atoms with Crippen LogP contribution < -0.4 is 32.9 Å². The Hall–Kier alpha value is -1.47. The van der Waals surface area contributed by atoms with Crippen molar-refractivity contribution in [3.63, 3.8) is 0 Å². The maximum absolute atomic E-state index is 2.55. The Balaban J connectivity index is 0.00000300. The molecule has 29 heavy (non-hydrogen) atoms. The van der Waals surface area contributed by atoms with Crippen molar-refractivity contribution < 1.29 is 17.0 Å². The topological polar surface area (TPSA) is 0 Å². The van der Waals surface area contributed by atoms with Crippen molar-refractivity contribution in [1.82, 2.24) is 0 Å². The number of allylic oxidation sites excluding steroid dienone is 2. The van der Waals surface area contributed by atoms with E-state index in [0.29, 0.717) is 5.28 Å². The quantitative estimate of drug-likeness (QED) is 0.275. The lowest BCUT2D eigenvalue weighted by Crippen LogP contribution is -3.00. The predicted octanol–water partition coefficient (Wildman–Crippen LogP) is 3.20. The van der Waals surface area contributed by atoms with Crippen LogP contribution in [0, 0.1) is 0 Å². The second kappa shape index (κ2) is 10.5.